The smallest absolute Gasteiger partial charge is 0.165 e. The second-order valence-electron chi connectivity index (χ2n) is 4.23. The third-order valence-electron chi connectivity index (χ3n) is 2.86. The van der Waals surface area contributed by atoms with Gasteiger partial charge >= 0.3 is 0 Å². The van der Waals surface area contributed by atoms with Crippen LogP contribution >= 0.6 is 0 Å². The highest BCUT2D eigenvalue weighted by Crippen LogP contribution is 2.24. The summed E-state index contributed by atoms with van der Waals surface area (Å²) in [4.78, 5) is 10.7. The molecule has 0 amide bonds. The third-order valence-corrected chi connectivity index (χ3v) is 2.86. The number of benzene rings is 1. The summed E-state index contributed by atoms with van der Waals surface area (Å²) in [5.74, 6) is -0.494. The van der Waals surface area contributed by atoms with Gasteiger partial charge in [0.1, 0.15) is 6.61 Å². The zero-order valence-corrected chi connectivity index (χ0v) is 9.69. The maximum Gasteiger partial charge on any atom is 0.165 e. The predicted molar refractivity (Wildman–Crippen MR) is 60.9 cm³/mol. The minimum atomic E-state index is -0.513. The van der Waals surface area contributed by atoms with Crippen molar-refractivity contribution in [1.82, 2.24) is 0 Å². The van der Waals surface area contributed by atoms with E-state index in [0.717, 1.165) is 12.8 Å². The van der Waals surface area contributed by atoms with Crippen molar-refractivity contribution in [2.75, 3.05) is 6.61 Å². The van der Waals surface area contributed by atoms with Crippen LogP contribution in [-0.2, 0) is 4.74 Å². The van der Waals surface area contributed by atoms with Crippen LogP contribution in [-0.4, -0.2) is 25.1 Å². The molecular formula is C13H15FO3. The fourth-order valence-corrected chi connectivity index (χ4v) is 1.95. The van der Waals surface area contributed by atoms with Crippen LogP contribution in [0.25, 0.3) is 0 Å². The van der Waals surface area contributed by atoms with Crippen molar-refractivity contribution in [3.63, 3.8) is 0 Å². The van der Waals surface area contributed by atoms with Crippen LogP contribution in [0.3, 0.4) is 0 Å². The van der Waals surface area contributed by atoms with Crippen molar-refractivity contribution >= 4 is 6.29 Å². The van der Waals surface area contributed by atoms with Crippen LogP contribution in [0.15, 0.2) is 18.2 Å². The molecule has 3 nitrogen and oxygen atoms in total. The molecule has 0 N–H and O–H groups in total. The SMILES string of the molecule is CC1CCC(COc2c(F)cccc2C=O)O1. The highest BCUT2D eigenvalue weighted by atomic mass is 19.1. The minimum absolute atomic E-state index is 0.0101. The molecule has 1 aliphatic heterocycles. The van der Waals surface area contributed by atoms with E-state index in [1.165, 1.54) is 18.2 Å². The van der Waals surface area contributed by atoms with Gasteiger partial charge in [-0.15, -0.1) is 0 Å². The lowest BCUT2D eigenvalue weighted by Crippen LogP contribution is -2.18. The molecule has 1 fully saturated rings. The van der Waals surface area contributed by atoms with E-state index in [9.17, 15) is 9.18 Å². The van der Waals surface area contributed by atoms with Crippen molar-refractivity contribution < 1.29 is 18.7 Å². The Morgan fingerprint density at radius 3 is 3.00 bits per heavy atom. The second-order valence-corrected chi connectivity index (χ2v) is 4.23. The average Bonchev–Trinajstić information content (AvgIpc) is 2.73. The standard InChI is InChI=1S/C13H15FO3/c1-9-5-6-11(17-9)8-16-13-10(7-15)3-2-4-12(13)14/h2-4,7,9,11H,5-6,8H2,1H3. The van der Waals surface area contributed by atoms with Gasteiger partial charge in [-0.1, -0.05) is 6.07 Å². The summed E-state index contributed by atoms with van der Waals surface area (Å²) in [6, 6.07) is 4.30. The van der Waals surface area contributed by atoms with Crippen molar-refractivity contribution in [3.05, 3.63) is 29.6 Å². The molecule has 0 radical (unpaired) electrons. The number of rotatable bonds is 4. The van der Waals surface area contributed by atoms with E-state index in [-0.39, 0.29) is 30.1 Å². The molecule has 0 aliphatic carbocycles. The lowest BCUT2D eigenvalue weighted by atomic mass is 10.2. The number of hydrogen-bond acceptors (Lipinski definition) is 3. The lowest BCUT2D eigenvalue weighted by molar-refractivity contribution is 0.0254. The number of para-hydroxylation sites is 1. The largest absolute Gasteiger partial charge is 0.487 e. The summed E-state index contributed by atoms with van der Waals surface area (Å²) < 4.78 is 24.4. The first-order valence-electron chi connectivity index (χ1n) is 5.72. The van der Waals surface area contributed by atoms with Crippen LogP contribution in [0.1, 0.15) is 30.1 Å². The van der Waals surface area contributed by atoms with Gasteiger partial charge in [-0.25, -0.2) is 4.39 Å². The molecule has 0 bridgehead atoms. The van der Waals surface area contributed by atoms with Crippen LogP contribution in [0.2, 0.25) is 0 Å². The van der Waals surface area contributed by atoms with Gasteiger partial charge in [0.25, 0.3) is 0 Å². The predicted octanol–water partition coefficient (Wildman–Crippen LogP) is 2.58. The maximum atomic E-state index is 13.5. The molecule has 2 rings (SSSR count). The maximum absolute atomic E-state index is 13.5. The third kappa shape index (κ3) is 2.82. The summed E-state index contributed by atoms with van der Waals surface area (Å²) >= 11 is 0. The molecule has 2 atom stereocenters. The van der Waals surface area contributed by atoms with E-state index in [1.54, 1.807) is 0 Å². The zero-order chi connectivity index (χ0) is 12.3. The number of carbonyl (C=O) groups excluding carboxylic acids is 1. The summed E-state index contributed by atoms with van der Waals surface area (Å²) in [5.41, 5.74) is 0.232. The number of hydrogen-bond donors (Lipinski definition) is 0. The van der Waals surface area contributed by atoms with E-state index in [2.05, 4.69) is 0 Å². The number of ether oxygens (including phenoxy) is 2. The van der Waals surface area contributed by atoms with Gasteiger partial charge in [0, 0.05) is 0 Å². The first-order valence-corrected chi connectivity index (χ1v) is 5.72. The van der Waals surface area contributed by atoms with Gasteiger partial charge in [-0.2, -0.15) is 0 Å². The Bertz CT molecular complexity index is 406. The van der Waals surface area contributed by atoms with E-state index >= 15 is 0 Å². The van der Waals surface area contributed by atoms with Crippen LogP contribution in [0, 0.1) is 5.82 Å². The Labute approximate surface area is 99.5 Å². The minimum Gasteiger partial charge on any atom is -0.487 e. The van der Waals surface area contributed by atoms with E-state index in [0.29, 0.717) is 6.29 Å². The van der Waals surface area contributed by atoms with E-state index < -0.39 is 5.82 Å². The Balaban J connectivity index is 2.01. The Morgan fingerprint density at radius 2 is 2.35 bits per heavy atom. The highest BCUT2D eigenvalue weighted by Gasteiger charge is 2.23. The number of halogens is 1. The number of carbonyl (C=O) groups is 1. The summed E-state index contributed by atoms with van der Waals surface area (Å²) in [5, 5.41) is 0. The molecule has 92 valence electrons. The molecule has 1 aromatic carbocycles. The Morgan fingerprint density at radius 1 is 1.53 bits per heavy atom. The van der Waals surface area contributed by atoms with Crippen molar-refractivity contribution in [2.24, 2.45) is 0 Å². The molecule has 1 aromatic rings. The molecule has 1 aliphatic rings. The fourth-order valence-electron chi connectivity index (χ4n) is 1.95. The molecule has 0 aromatic heterocycles. The topological polar surface area (TPSA) is 35.5 Å². The fraction of sp³-hybridized carbons (Fsp3) is 0.462. The quantitative estimate of drug-likeness (QED) is 0.756. The summed E-state index contributed by atoms with van der Waals surface area (Å²) in [6.07, 6.45) is 2.72. The van der Waals surface area contributed by atoms with Crippen LogP contribution < -0.4 is 4.74 Å². The van der Waals surface area contributed by atoms with E-state index in [4.69, 9.17) is 9.47 Å². The van der Waals surface area contributed by atoms with Gasteiger partial charge in [0.2, 0.25) is 0 Å². The molecule has 0 spiro atoms. The second kappa shape index (κ2) is 5.27. The van der Waals surface area contributed by atoms with Gasteiger partial charge < -0.3 is 9.47 Å². The summed E-state index contributed by atoms with van der Waals surface area (Å²) in [6.45, 7) is 2.28. The number of aldehydes is 1. The normalized spacial score (nSPS) is 23.6. The summed E-state index contributed by atoms with van der Waals surface area (Å²) in [7, 11) is 0. The monoisotopic (exact) mass is 238 g/mol. The highest BCUT2D eigenvalue weighted by molar-refractivity contribution is 5.79. The Hall–Kier alpha value is -1.42. The zero-order valence-electron chi connectivity index (χ0n) is 9.69. The molecule has 2 unspecified atom stereocenters. The first-order chi connectivity index (χ1) is 8.20. The van der Waals surface area contributed by atoms with E-state index in [1.807, 2.05) is 6.92 Å². The van der Waals surface area contributed by atoms with Crippen molar-refractivity contribution in [2.45, 2.75) is 32.0 Å². The van der Waals surface area contributed by atoms with Crippen molar-refractivity contribution in [1.29, 1.82) is 0 Å². The van der Waals surface area contributed by atoms with Gasteiger partial charge in [0.15, 0.2) is 17.9 Å². The molecule has 17 heavy (non-hydrogen) atoms. The molecule has 1 saturated heterocycles. The lowest BCUT2D eigenvalue weighted by Gasteiger charge is -2.14. The first kappa shape index (κ1) is 12.0. The molecule has 1 heterocycles. The van der Waals surface area contributed by atoms with Gasteiger partial charge in [-0.05, 0) is 31.9 Å². The van der Waals surface area contributed by atoms with Crippen LogP contribution in [0.5, 0.6) is 5.75 Å². The molecular weight excluding hydrogens is 223 g/mol. The average molecular weight is 238 g/mol. The van der Waals surface area contributed by atoms with Gasteiger partial charge in [-0.3, -0.25) is 4.79 Å². The molecule has 0 saturated carbocycles. The molecule has 4 heteroatoms. The van der Waals surface area contributed by atoms with Crippen LogP contribution in [0.4, 0.5) is 4.39 Å². The Kier molecular flexibility index (Phi) is 3.74. The van der Waals surface area contributed by atoms with Gasteiger partial charge in [0.05, 0.1) is 17.8 Å². The van der Waals surface area contributed by atoms with Crippen molar-refractivity contribution in [3.8, 4) is 5.75 Å².